The maximum atomic E-state index is 12.3. The zero-order valence-corrected chi connectivity index (χ0v) is 14.3. The average Bonchev–Trinajstić information content (AvgIpc) is 2.86. The van der Waals surface area contributed by atoms with Crippen molar-refractivity contribution in [1.29, 1.82) is 0 Å². The van der Waals surface area contributed by atoms with E-state index in [-0.39, 0.29) is 30.7 Å². The van der Waals surface area contributed by atoms with Crippen LogP contribution in [0.3, 0.4) is 0 Å². The van der Waals surface area contributed by atoms with E-state index in [0.717, 1.165) is 19.6 Å². The fourth-order valence-corrected chi connectivity index (χ4v) is 3.73. The molecule has 0 spiro atoms. The molecule has 140 valence electrons. The molecule has 2 aliphatic rings. The maximum absolute atomic E-state index is 12.3. The number of rotatable bonds is 5. The number of hydrogen-bond acceptors (Lipinski definition) is 4. The minimum Gasteiger partial charge on any atom is -0.396 e. The second-order valence-corrected chi connectivity index (χ2v) is 7.09. The lowest BCUT2D eigenvalue weighted by Gasteiger charge is -2.37. The van der Waals surface area contributed by atoms with Gasteiger partial charge in [0.05, 0.1) is 18.6 Å². The van der Waals surface area contributed by atoms with E-state index in [1.54, 1.807) is 0 Å². The molecule has 0 aromatic heterocycles. The number of carbonyl (C=O) groups excluding carboxylic acids is 1. The normalized spacial score (nSPS) is 32.3. The summed E-state index contributed by atoms with van der Waals surface area (Å²) < 4.78 is 42.5. The molecule has 2 saturated heterocycles. The summed E-state index contributed by atoms with van der Waals surface area (Å²) in [6.07, 6.45) is -5.65. The molecule has 2 fully saturated rings. The fraction of sp³-hybridized carbons (Fsp3) is 0.938. The number of carbonyl (C=O) groups is 1. The Bertz CT molecular complexity index is 423. The van der Waals surface area contributed by atoms with Crippen LogP contribution in [0.1, 0.15) is 26.7 Å². The number of aliphatic hydroxyl groups is 1. The summed E-state index contributed by atoms with van der Waals surface area (Å²) in [6, 6.07) is 0. The van der Waals surface area contributed by atoms with Gasteiger partial charge in [-0.2, -0.15) is 13.2 Å². The Kier molecular flexibility index (Phi) is 6.50. The molecule has 0 aliphatic carbocycles. The van der Waals surface area contributed by atoms with Gasteiger partial charge >= 0.3 is 6.18 Å². The highest BCUT2D eigenvalue weighted by molar-refractivity contribution is 5.76. The second kappa shape index (κ2) is 8.01. The van der Waals surface area contributed by atoms with Crippen LogP contribution in [0.5, 0.6) is 0 Å². The third kappa shape index (κ3) is 5.60. The number of alkyl halides is 3. The highest BCUT2D eigenvalue weighted by atomic mass is 19.4. The summed E-state index contributed by atoms with van der Waals surface area (Å²) in [5.41, 5.74) is 0. The molecular weight excluding hydrogens is 325 g/mol. The number of halogens is 3. The van der Waals surface area contributed by atoms with Crippen molar-refractivity contribution in [2.24, 2.45) is 11.8 Å². The Morgan fingerprint density at radius 1 is 1.12 bits per heavy atom. The Morgan fingerprint density at radius 2 is 1.71 bits per heavy atom. The SMILES string of the molecule is C[C@@H]1CN(C[C@@H]2CN(C(=O)CCC(F)(F)F)C[C@@H]2CO)C[C@H](C)O1. The van der Waals surface area contributed by atoms with Crippen molar-refractivity contribution >= 4 is 5.91 Å². The van der Waals surface area contributed by atoms with Crippen molar-refractivity contribution in [1.82, 2.24) is 9.80 Å². The first-order valence-electron chi connectivity index (χ1n) is 8.51. The second-order valence-electron chi connectivity index (χ2n) is 7.09. The van der Waals surface area contributed by atoms with E-state index >= 15 is 0 Å². The lowest BCUT2D eigenvalue weighted by atomic mass is 9.96. The Morgan fingerprint density at radius 3 is 2.25 bits per heavy atom. The van der Waals surface area contributed by atoms with Gasteiger partial charge in [0.15, 0.2) is 0 Å². The van der Waals surface area contributed by atoms with Gasteiger partial charge in [-0.05, 0) is 19.8 Å². The van der Waals surface area contributed by atoms with Crippen LogP contribution in [0.15, 0.2) is 0 Å². The van der Waals surface area contributed by atoms with Crippen LogP contribution in [0.2, 0.25) is 0 Å². The quantitative estimate of drug-likeness (QED) is 0.815. The highest BCUT2D eigenvalue weighted by Crippen LogP contribution is 2.28. The molecule has 0 aromatic carbocycles. The third-order valence-electron chi connectivity index (χ3n) is 4.77. The number of amides is 1. The molecule has 0 aromatic rings. The van der Waals surface area contributed by atoms with E-state index in [1.807, 2.05) is 13.8 Å². The molecule has 0 bridgehead atoms. The molecule has 2 rings (SSSR count). The van der Waals surface area contributed by atoms with E-state index in [1.165, 1.54) is 4.90 Å². The zero-order chi connectivity index (χ0) is 17.9. The fourth-order valence-electron chi connectivity index (χ4n) is 3.73. The van der Waals surface area contributed by atoms with E-state index < -0.39 is 24.9 Å². The Balaban J connectivity index is 1.88. The predicted molar refractivity (Wildman–Crippen MR) is 82.4 cm³/mol. The van der Waals surface area contributed by atoms with Crippen LogP contribution in [0.4, 0.5) is 13.2 Å². The first-order chi connectivity index (χ1) is 11.2. The lowest BCUT2D eigenvalue weighted by Crippen LogP contribution is -2.48. The van der Waals surface area contributed by atoms with Gasteiger partial charge in [-0.1, -0.05) is 0 Å². The number of aliphatic hydroxyl groups excluding tert-OH is 1. The van der Waals surface area contributed by atoms with Crippen LogP contribution in [-0.2, 0) is 9.53 Å². The summed E-state index contributed by atoms with van der Waals surface area (Å²) in [5, 5.41) is 9.57. The number of nitrogens with zero attached hydrogens (tertiary/aromatic N) is 2. The number of morpholine rings is 1. The Hall–Kier alpha value is -0.860. The lowest BCUT2D eigenvalue weighted by molar-refractivity contribution is -0.148. The van der Waals surface area contributed by atoms with Crippen molar-refractivity contribution in [2.45, 2.75) is 45.1 Å². The molecule has 1 amide bonds. The van der Waals surface area contributed by atoms with Gasteiger partial charge in [0.2, 0.25) is 5.91 Å². The topological polar surface area (TPSA) is 53.0 Å². The molecule has 2 aliphatic heterocycles. The molecule has 0 saturated carbocycles. The first kappa shape index (κ1) is 19.5. The van der Waals surface area contributed by atoms with Crippen LogP contribution < -0.4 is 0 Å². The molecule has 0 radical (unpaired) electrons. The molecule has 8 heteroatoms. The molecule has 0 unspecified atom stereocenters. The van der Waals surface area contributed by atoms with Crippen molar-refractivity contribution in [3.8, 4) is 0 Å². The van der Waals surface area contributed by atoms with Gasteiger partial charge in [0.1, 0.15) is 0 Å². The predicted octanol–water partition coefficient (Wildman–Crippen LogP) is 1.50. The maximum Gasteiger partial charge on any atom is 0.389 e. The van der Waals surface area contributed by atoms with Crippen LogP contribution in [0, 0.1) is 11.8 Å². The largest absolute Gasteiger partial charge is 0.396 e. The number of likely N-dealkylation sites (tertiary alicyclic amines) is 1. The summed E-state index contributed by atoms with van der Waals surface area (Å²) in [7, 11) is 0. The van der Waals surface area contributed by atoms with Crippen molar-refractivity contribution in [2.75, 3.05) is 39.3 Å². The van der Waals surface area contributed by atoms with Gasteiger partial charge in [-0.3, -0.25) is 9.69 Å². The first-order valence-corrected chi connectivity index (χ1v) is 8.51. The van der Waals surface area contributed by atoms with Gasteiger partial charge in [-0.15, -0.1) is 0 Å². The van der Waals surface area contributed by atoms with Crippen LogP contribution >= 0.6 is 0 Å². The molecular formula is C16H27F3N2O3. The van der Waals surface area contributed by atoms with Gasteiger partial charge in [-0.25, -0.2) is 0 Å². The smallest absolute Gasteiger partial charge is 0.389 e. The third-order valence-corrected chi connectivity index (χ3v) is 4.77. The summed E-state index contributed by atoms with van der Waals surface area (Å²) >= 11 is 0. The minimum absolute atomic E-state index is 0.0524. The number of hydrogen-bond donors (Lipinski definition) is 1. The van der Waals surface area contributed by atoms with E-state index in [0.29, 0.717) is 13.1 Å². The minimum atomic E-state index is -4.31. The summed E-state index contributed by atoms with van der Waals surface area (Å²) in [5.74, 6) is -0.465. The Labute approximate surface area is 140 Å². The highest BCUT2D eigenvalue weighted by Gasteiger charge is 2.38. The molecule has 4 atom stereocenters. The molecule has 5 nitrogen and oxygen atoms in total. The van der Waals surface area contributed by atoms with E-state index in [9.17, 15) is 23.1 Å². The summed E-state index contributed by atoms with van der Waals surface area (Å²) in [4.78, 5) is 15.7. The van der Waals surface area contributed by atoms with Gasteiger partial charge < -0.3 is 14.7 Å². The summed E-state index contributed by atoms with van der Waals surface area (Å²) in [6.45, 7) is 7.04. The van der Waals surface area contributed by atoms with Gasteiger partial charge in [0, 0.05) is 51.7 Å². The molecule has 24 heavy (non-hydrogen) atoms. The molecule has 1 N–H and O–H groups in total. The van der Waals surface area contributed by atoms with Gasteiger partial charge in [0.25, 0.3) is 0 Å². The van der Waals surface area contributed by atoms with Crippen LogP contribution in [-0.4, -0.2) is 78.5 Å². The van der Waals surface area contributed by atoms with Crippen molar-refractivity contribution in [3.63, 3.8) is 0 Å². The average molecular weight is 352 g/mol. The van der Waals surface area contributed by atoms with E-state index in [2.05, 4.69) is 4.90 Å². The van der Waals surface area contributed by atoms with Crippen LogP contribution in [0.25, 0.3) is 0 Å². The molecule has 2 heterocycles. The standard InChI is InChI=1S/C16H27F3N2O3/c1-11-5-20(6-12(2)24-11)7-13-8-21(9-14(13)10-22)15(23)3-4-16(17,18)19/h11-14,22H,3-10H2,1-2H3/t11-,12+,13-,14-/m1/s1. The van der Waals surface area contributed by atoms with E-state index in [4.69, 9.17) is 4.74 Å². The van der Waals surface area contributed by atoms with Crippen molar-refractivity contribution < 1.29 is 27.8 Å². The zero-order valence-electron chi connectivity index (χ0n) is 14.3. The van der Waals surface area contributed by atoms with Crippen molar-refractivity contribution in [3.05, 3.63) is 0 Å². The monoisotopic (exact) mass is 352 g/mol. The number of ether oxygens (including phenoxy) is 1.